The van der Waals surface area contributed by atoms with E-state index in [4.69, 9.17) is 0 Å². The number of unbranched alkanes of at least 4 members (excludes halogenated alkanes) is 12. The molecule has 0 fully saturated rings. The van der Waals surface area contributed by atoms with E-state index in [9.17, 15) is 5.11 Å². The number of nitrogens with one attached hydrogen (secondary N) is 1. The molecule has 0 heterocycles. The maximum Gasteiger partial charge on any atom is 0.120 e. The highest BCUT2D eigenvalue weighted by molar-refractivity contribution is 5.62. The molecule has 0 saturated heterocycles. The monoisotopic (exact) mass is 437 g/mol. The molecule has 2 N–H and O–H groups in total. The van der Waals surface area contributed by atoms with Crippen molar-refractivity contribution in [3.63, 3.8) is 0 Å². The van der Waals surface area contributed by atoms with Gasteiger partial charge in [0.15, 0.2) is 0 Å². The molecule has 0 unspecified atom stereocenters. The first-order valence-electron chi connectivity index (χ1n) is 13.4. The summed E-state index contributed by atoms with van der Waals surface area (Å²) < 4.78 is 0. The Morgan fingerprint density at radius 1 is 0.562 bits per heavy atom. The van der Waals surface area contributed by atoms with E-state index in [1.807, 2.05) is 6.07 Å². The van der Waals surface area contributed by atoms with Crippen LogP contribution in [0.15, 0.2) is 42.5 Å². The highest BCUT2D eigenvalue weighted by atomic mass is 16.3. The van der Waals surface area contributed by atoms with Crippen molar-refractivity contribution in [1.29, 1.82) is 0 Å². The van der Waals surface area contributed by atoms with Gasteiger partial charge in [-0.2, -0.15) is 0 Å². The Balaban J connectivity index is 1.63. The minimum atomic E-state index is 0.407. The van der Waals surface area contributed by atoms with E-state index in [0.717, 1.165) is 29.8 Å². The Bertz CT molecular complexity index is 722. The van der Waals surface area contributed by atoms with Crippen LogP contribution in [0.5, 0.6) is 5.75 Å². The number of hydrogen-bond acceptors (Lipinski definition) is 2. The molecule has 0 aliphatic carbocycles. The lowest BCUT2D eigenvalue weighted by molar-refractivity contribution is 0.466. The number of anilines is 2. The molecule has 0 aliphatic heterocycles. The molecule has 0 saturated carbocycles. The third-order valence-corrected chi connectivity index (χ3v) is 6.45. The normalized spacial score (nSPS) is 11.1. The lowest BCUT2D eigenvalue weighted by Gasteiger charge is -2.11. The summed E-state index contributed by atoms with van der Waals surface area (Å²) in [7, 11) is 0. The highest BCUT2D eigenvalue weighted by Crippen LogP contribution is 2.26. The molecule has 0 bridgehead atoms. The average Bonchev–Trinajstić information content (AvgIpc) is 2.80. The van der Waals surface area contributed by atoms with Crippen molar-refractivity contribution in [2.45, 2.75) is 117 Å². The van der Waals surface area contributed by atoms with Crippen molar-refractivity contribution in [3.05, 3.63) is 53.6 Å². The van der Waals surface area contributed by atoms with Gasteiger partial charge in [0.1, 0.15) is 5.75 Å². The van der Waals surface area contributed by atoms with E-state index in [1.54, 1.807) is 0 Å². The summed E-state index contributed by atoms with van der Waals surface area (Å²) in [5, 5.41) is 13.8. The summed E-state index contributed by atoms with van der Waals surface area (Å²) in [6.45, 7) is 4.51. The minimum Gasteiger partial charge on any atom is -0.508 e. The standard InChI is InChI=1S/C30H47NO/c1-3-5-7-9-10-11-12-13-14-15-17-26-19-22-28(23-20-26)31-29-24-21-27(30(32)25-29)18-16-8-6-4-2/h19-25,31-32H,3-18H2,1-2H3. The molecule has 0 atom stereocenters. The molecule has 178 valence electrons. The molecular formula is C30H47NO. The van der Waals surface area contributed by atoms with Crippen LogP contribution in [0.4, 0.5) is 11.4 Å². The molecule has 0 amide bonds. The zero-order chi connectivity index (χ0) is 22.9. The predicted molar refractivity (Wildman–Crippen MR) is 141 cm³/mol. The van der Waals surface area contributed by atoms with Gasteiger partial charge in [-0.3, -0.25) is 0 Å². The molecule has 0 aromatic heterocycles. The summed E-state index contributed by atoms with van der Waals surface area (Å²) in [5.74, 6) is 0.407. The third-order valence-electron chi connectivity index (χ3n) is 6.45. The molecule has 2 nitrogen and oxygen atoms in total. The van der Waals surface area contributed by atoms with Crippen molar-refractivity contribution in [3.8, 4) is 5.75 Å². The van der Waals surface area contributed by atoms with Crippen molar-refractivity contribution < 1.29 is 5.11 Å². The van der Waals surface area contributed by atoms with Gasteiger partial charge >= 0.3 is 0 Å². The van der Waals surface area contributed by atoms with Crippen molar-refractivity contribution in [2.24, 2.45) is 0 Å². The van der Waals surface area contributed by atoms with Crippen molar-refractivity contribution in [2.75, 3.05) is 5.32 Å². The van der Waals surface area contributed by atoms with Gasteiger partial charge in [-0.05, 0) is 55.0 Å². The maximum absolute atomic E-state index is 10.4. The molecule has 2 aromatic rings. The van der Waals surface area contributed by atoms with Gasteiger partial charge in [-0.1, -0.05) is 109 Å². The first-order chi connectivity index (χ1) is 15.7. The Morgan fingerprint density at radius 3 is 1.66 bits per heavy atom. The van der Waals surface area contributed by atoms with Gasteiger partial charge in [-0.25, -0.2) is 0 Å². The highest BCUT2D eigenvalue weighted by Gasteiger charge is 2.04. The number of aryl methyl sites for hydroxylation is 2. The maximum atomic E-state index is 10.4. The van der Waals surface area contributed by atoms with Crippen LogP contribution in [-0.4, -0.2) is 5.11 Å². The van der Waals surface area contributed by atoms with Crippen molar-refractivity contribution in [1.82, 2.24) is 0 Å². The molecule has 2 heteroatoms. The SMILES string of the molecule is CCCCCCCCCCCCc1ccc(Nc2ccc(CCCCCC)c(O)c2)cc1. The number of hydrogen-bond donors (Lipinski definition) is 2. The molecule has 0 aliphatic rings. The topological polar surface area (TPSA) is 32.3 Å². The second-order valence-electron chi connectivity index (χ2n) is 9.41. The molecule has 32 heavy (non-hydrogen) atoms. The van der Waals surface area contributed by atoms with Crippen molar-refractivity contribution >= 4 is 11.4 Å². The first-order valence-corrected chi connectivity index (χ1v) is 13.4. The lowest BCUT2D eigenvalue weighted by atomic mass is 10.0. The van der Waals surface area contributed by atoms with Crippen LogP contribution in [-0.2, 0) is 12.8 Å². The summed E-state index contributed by atoms with van der Waals surface area (Å²) in [4.78, 5) is 0. The zero-order valence-corrected chi connectivity index (χ0v) is 20.8. The Morgan fingerprint density at radius 2 is 1.06 bits per heavy atom. The van der Waals surface area contributed by atoms with Crippen LogP contribution in [0, 0.1) is 0 Å². The van der Waals surface area contributed by atoms with E-state index in [-0.39, 0.29) is 0 Å². The number of phenols is 1. The van der Waals surface area contributed by atoms with E-state index in [1.165, 1.54) is 95.5 Å². The van der Waals surface area contributed by atoms with Crippen LogP contribution >= 0.6 is 0 Å². The Hall–Kier alpha value is -1.96. The van der Waals surface area contributed by atoms with Gasteiger partial charge in [0, 0.05) is 17.4 Å². The van der Waals surface area contributed by atoms with Crippen LogP contribution < -0.4 is 5.32 Å². The van der Waals surface area contributed by atoms with E-state index in [0.29, 0.717) is 5.75 Å². The van der Waals surface area contributed by atoms with E-state index < -0.39 is 0 Å². The molecular weight excluding hydrogens is 390 g/mol. The fourth-order valence-corrected chi connectivity index (χ4v) is 4.33. The summed E-state index contributed by atoms with van der Waals surface area (Å²) in [6.07, 6.45) is 20.9. The van der Waals surface area contributed by atoms with Gasteiger partial charge in [-0.15, -0.1) is 0 Å². The summed E-state index contributed by atoms with van der Waals surface area (Å²) >= 11 is 0. The fourth-order valence-electron chi connectivity index (χ4n) is 4.33. The zero-order valence-electron chi connectivity index (χ0n) is 20.8. The van der Waals surface area contributed by atoms with Gasteiger partial charge in [0.2, 0.25) is 0 Å². The number of phenolic OH excluding ortho intramolecular Hbond substituents is 1. The predicted octanol–water partition coefficient (Wildman–Crippen LogP) is 9.72. The first kappa shape index (κ1) is 26.3. The van der Waals surface area contributed by atoms with Gasteiger partial charge in [0.05, 0.1) is 0 Å². The molecule has 2 rings (SSSR count). The van der Waals surface area contributed by atoms with Crippen LogP contribution in [0.2, 0.25) is 0 Å². The third kappa shape index (κ3) is 11.1. The Kier molecular flexibility index (Phi) is 13.7. The van der Waals surface area contributed by atoms with Gasteiger partial charge < -0.3 is 10.4 Å². The smallest absolute Gasteiger partial charge is 0.120 e. The summed E-state index contributed by atoms with van der Waals surface area (Å²) in [6, 6.07) is 14.8. The number of aromatic hydroxyl groups is 1. The second kappa shape index (κ2) is 16.6. The molecule has 0 spiro atoms. The van der Waals surface area contributed by atoms with E-state index >= 15 is 0 Å². The Labute approximate surface area is 197 Å². The van der Waals surface area contributed by atoms with Crippen LogP contribution in [0.25, 0.3) is 0 Å². The molecule has 0 radical (unpaired) electrons. The summed E-state index contributed by atoms with van der Waals surface area (Å²) in [5.41, 5.74) is 4.49. The molecule has 2 aromatic carbocycles. The number of benzene rings is 2. The van der Waals surface area contributed by atoms with Crippen LogP contribution in [0.1, 0.15) is 115 Å². The largest absolute Gasteiger partial charge is 0.508 e. The lowest BCUT2D eigenvalue weighted by Crippen LogP contribution is -1.93. The number of rotatable bonds is 18. The fraction of sp³-hybridized carbons (Fsp3) is 0.600. The minimum absolute atomic E-state index is 0.407. The van der Waals surface area contributed by atoms with Gasteiger partial charge in [0.25, 0.3) is 0 Å². The van der Waals surface area contributed by atoms with E-state index in [2.05, 4.69) is 55.6 Å². The average molecular weight is 438 g/mol. The second-order valence-corrected chi connectivity index (χ2v) is 9.41. The van der Waals surface area contributed by atoms with Crippen LogP contribution in [0.3, 0.4) is 0 Å². The quantitative estimate of drug-likeness (QED) is 0.227.